The van der Waals surface area contributed by atoms with Gasteiger partial charge in [0.15, 0.2) is 0 Å². The third-order valence-electron chi connectivity index (χ3n) is 6.90. The van der Waals surface area contributed by atoms with Gasteiger partial charge in [-0.3, -0.25) is 4.79 Å². The highest BCUT2D eigenvalue weighted by molar-refractivity contribution is 7.89. The molecule has 0 bridgehead atoms. The van der Waals surface area contributed by atoms with Gasteiger partial charge in [0, 0.05) is 32.6 Å². The van der Waals surface area contributed by atoms with Gasteiger partial charge in [-0.05, 0) is 73.8 Å². The van der Waals surface area contributed by atoms with E-state index in [0.717, 1.165) is 50.8 Å². The monoisotopic (exact) mass is 470 g/mol. The number of carbonyl (C=O) groups excluding carboxylic acids is 1. The average molecular weight is 471 g/mol. The molecule has 2 fully saturated rings. The summed E-state index contributed by atoms with van der Waals surface area (Å²) in [6.45, 7) is 2.72. The van der Waals surface area contributed by atoms with Crippen LogP contribution in [0, 0.1) is 5.92 Å². The second kappa shape index (κ2) is 10.7. The van der Waals surface area contributed by atoms with E-state index in [1.807, 2.05) is 11.0 Å². The molecule has 1 amide bonds. The molecule has 0 atom stereocenters. The number of benzene rings is 2. The summed E-state index contributed by atoms with van der Waals surface area (Å²) >= 11 is 0. The lowest BCUT2D eigenvalue weighted by atomic mass is 9.90. The van der Waals surface area contributed by atoms with Crippen LogP contribution in [0.15, 0.2) is 53.4 Å². The smallest absolute Gasteiger partial charge is 0.243 e. The maximum atomic E-state index is 12.9. The van der Waals surface area contributed by atoms with Crippen LogP contribution in [0.5, 0.6) is 5.75 Å². The number of aryl methyl sites for hydroxylation is 1. The Morgan fingerprint density at radius 2 is 1.70 bits per heavy atom. The van der Waals surface area contributed by atoms with Crippen LogP contribution in [0.25, 0.3) is 0 Å². The first kappa shape index (κ1) is 23.8. The van der Waals surface area contributed by atoms with Crippen LogP contribution < -0.4 is 4.74 Å². The Kier molecular flexibility index (Phi) is 7.71. The Balaban J connectivity index is 1.34. The minimum atomic E-state index is -3.49. The van der Waals surface area contributed by atoms with Crippen molar-refractivity contribution in [1.29, 1.82) is 0 Å². The fourth-order valence-corrected chi connectivity index (χ4v) is 6.49. The first-order chi connectivity index (χ1) is 16.0. The zero-order valence-electron chi connectivity index (χ0n) is 19.4. The molecule has 2 heterocycles. The van der Waals surface area contributed by atoms with E-state index >= 15 is 0 Å². The van der Waals surface area contributed by atoms with E-state index in [9.17, 15) is 13.2 Å². The second-order valence-electron chi connectivity index (χ2n) is 9.10. The molecule has 0 aliphatic carbocycles. The molecular formula is C26H34N2O4S. The standard InChI is InChI=1S/C26H34N2O4S/c1-32-25-11-10-24(33(30,31)28-15-5-6-16-28)20-23(25)9-12-26(29)27-17-13-22(14-18-27)19-21-7-3-2-4-8-21/h2-4,7-8,10-11,20,22H,5-6,9,12-19H2,1H3. The SMILES string of the molecule is COc1ccc(S(=O)(=O)N2CCCC2)cc1CCC(=O)N1CCC(Cc2ccccc2)CC1. The summed E-state index contributed by atoms with van der Waals surface area (Å²) in [7, 11) is -1.92. The van der Waals surface area contributed by atoms with Crippen molar-refractivity contribution in [2.45, 2.75) is 49.8 Å². The van der Waals surface area contributed by atoms with Gasteiger partial charge >= 0.3 is 0 Å². The Morgan fingerprint density at radius 3 is 2.36 bits per heavy atom. The first-order valence-electron chi connectivity index (χ1n) is 12.0. The fourth-order valence-electron chi connectivity index (χ4n) is 4.92. The molecule has 2 aliphatic rings. The molecule has 0 radical (unpaired) electrons. The van der Waals surface area contributed by atoms with Crippen LogP contribution in [-0.4, -0.2) is 56.8 Å². The summed E-state index contributed by atoms with van der Waals surface area (Å²) in [5.41, 5.74) is 2.13. The molecule has 2 aromatic rings. The van der Waals surface area contributed by atoms with Gasteiger partial charge in [0.25, 0.3) is 0 Å². The Labute approximate surface area is 197 Å². The normalized spacial score (nSPS) is 17.9. The summed E-state index contributed by atoms with van der Waals surface area (Å²) in [4.78, 5) is 15.1. The molecule has 0 spiro atoms. The van der Waals surface area contributed by atoms with Gasteiger partial charge in [-0.25, -0.2) is 8.42 Å². The molecule has 0 saturated carbocycles. The van der Waals surface area contributed by atoms with Gasteiger partial charge in [0.2, 0.25) is 15.9 Å². The molecule has 2 aromatic carbocycles. The highest BCUT2D eigenvalue weighted by Gasteiger charge is 2.28. The summed E-state index contributed by atoms with van der Waals surface area (Å²) in [5.74, 6) is 1.37. The number of likely N-dealkylation sites (tertiary alicyclic amines) is 1. The van der Waals surface area contributed by atoms with Gasteiger partial charge in [-0.2, -0.15) is 4.31 Å². The van der Waals surface area contributed by atoms with Crippen LogP contribution in [-0.2, 0) is 27.7 Å². The minimum absolute atomic E-state index is 0.128. The molecular weight excluding hydrogens is 436 g/mol. The lowest BCUT2D eigenvalue weighted by Gasteiger charge is -2.32. The quantitative estimate of drug-likeness (QED) is 0.587. The summed E-state index contributed by atoms with van der Waals surface area (Å²) < 4.78 is 32.9. The van der Waals surface area contributed by atoms with Crippen molar-refractivity contribution in [2.24, 2.45) is 5.92 Å². The molecule has 6 nitrogen and oxygen atoms in total. The van der Waals surface area contributed by atoms with Crippen LogP contribution >= 0.6 is 0 Å². The molecule has 178 valence electrons. The number of methoxy groups -OCH3 is 1. The number of piperidine rings is 1. The average Bonchev–Trinajstić information content (AvgIpc) is 3.39. The second-order valence-corrected chi connectivity index (χ2v) is 11.0. The molecule has 0 N–H and O–H groups in total. The number of rotatable bonds is 8. The molecule has 7 heteroatoms. The van der Waals surface area contributed by atoms with E-state index in [1.165, 1.54) is 5.56 Å². The number of nitrogens with zero attached hydrogens (tertiary/aromatic N) is 2. The zero-order chi connectivity index (χ0) is 23.3. The Bertz CT molecular complexity index is 1040. The van der Waals surface area contributed by atoms with Crippen molar-refractivity contribution in [1.82, 2.24) is 9.21 Å². The Hall–Kier alpha value is -2.38. The fraction of sp³-hybridized carbons (Fsp3) is 0.500. The van der Waals surface area contributed by atoms with Crippen molar-refractivity contribution in [3.63, 3.8) is 0 Å². The van der Waals surface area contributed by atoms with Crippen LogP contribution in [0.2, 0.25) is 0 Å². The number of hydrogen-bond acceptors (Lipinski definition) is 4. The third-order valence-corrected chi connectivity index (χ3v) is 8.79. The van der Waals surface area contributed by atoms with E-state index in [-0.39, 0.29) is 10.8 Å². The maximum absolute atomic E-state index is 12.9. The molecule has 2 saturated heterocycles. The van der Waals surface area contributed by atoms with Gasteiger partial charge in [-0.1, -0.05) is 30.3 Å². The lowest BCUT2D eigenvalue weighted by molar-refractivity contribution is -0.132. The third kappa shape index (κ3) is 5.76. The highest BCUT2D eigenvalue weighted by Crippen LogP contribution is 2.28. The van der Waals surface area contributed by atoms with Gasteiger partial charge in [0.05, 0.1) is 12.0 Å². The number of ether oxygens (including phenoxy) is 1. The van der Waals surface area contributed by atoms with E-state index in [4.69, 9.17) is 4.74 Å². The predicted molar refractivity (Wildman–Crippen MR) is 129 cm³/mol. The summed E-state index contributed by atoms with van der Waals surface area (Å²) in [5, 5.41) is 0. The van der Waals surface area contributed by atoms with Gasteiger partial charge in [-0.15, -0.1) is 0 Å². The topological polar surface area (TPSA) is 66.9 Å². The van der Waals surface area contributed by atoms with Crippen LogP contribution in [0.3, 0.4) is 0 Å². The van der Waals surface area contributed by atoms with Crippen molar-refractivity contribution in [3.8, 4) is 5.75 Å². The largest absolute Gasteiger partial charge is 0.496 e. The highest BCUT2D eigenvalue weighted by atomic mass is 32.2. The van der Waals surface area contributed by atoms with E-state index in [0.29, 0.717) is 37.6 Å². The predicted octanol–water partition coefficient (Wildman–Crippen LogP) is 3.89. The zero-order valence-corrected chi connectivity index (χ0v) is 20.2. The van der Waals surface area contributed by atoms with Gasteiger partial charge < -0.3 is 9.64 Å². The summed E-state index contributed by atoms with van der Waals surface area (Å²) in [6.07, 6.45) is 5.74. The number of amides is 1. The number of hydrogen-bond donors (Lipinski definition) is 0. The van der Waals surface area contributed by atoms with Crippen molar-refractivity contribution in [2.75, 3.05) is 33.3 Å². The van der Waals surface area contributed by atoms with E-state index < -0.39 is 10.0 Å². The Morgan fingerprint density at radius 1 is 1.00 bits per heavy atom. The van der Waals surface area contributed by atoms with Crippen LogP contribution in [0.1, 0.15) is 43.2 Å². The molecule has 4 rings (SSSR count). The molecule has 33 heavy (non-hydrogen) atoms. The maximum Gasteiger partial charge on any atom is 0.243 e. The van der Waals surface area contributed by atoms with E-state index in [2.05, 4.69) is 24.3 Å². The van der Waals surface area contributed by atoms with E-state index in [1.54, 1.807) is 29.6 Å². The van der Waals surface area contributed by atoms with Crippen molar-refractivity contribution >= 4 is 15.9 Å². The van der Waals surface area contributed by atoms with Crippen molar-refractivity contribution in [3.05, 3.63) is 59.7 Å². The van der Waals surface area contributed by atoms with Crippen molar-refractivity contribution < 1.29 is 17.9 Å². The van der Waals surface area contributed by atoms with Crippen LogP contribution in [0.4, 0.5) is 0 Å². The summed E-state index contributed by atoms with van der Waals surface area (Å²) in [6, 6.07) is 15.5. The lowest BCUT2D eigenvalue weighted by Crippen LogP contribution is -2.39. The molecule has 0 aromatic heterocycles. The van der Waals surface area contributed by atoms with Gasteiger partial charge in [0.1, 0.15) is 5.75 Å². The number of carbonyl (C=O) groups is 1. The minimum Gasteiger partial charge on any atom is -0.496 e. The molecule has 0 unspecified atom stereocenters. The molecule has 2 aliphatic heterocycles. The first-order valence-corrected chi connectivity index (χ1v) is 13.4. The number of sulfonamides is 1.